The first-order valence-corrected chi connectivity index (χ1v) is 5.85. The summed E-state index contributed by atoms with van der Waals surface area (Å²) < 4.78 is 5.18. The highest BCUT2D eigenvalue weighted by Gasteiger charge is 2.25. The summed E-state index contributed by atoms with van der Waals surface area (Å²) in [5.41, 5.74) is 0. The Hall–Kier alpha value is -0.120. The van der Waals surface area contributed by atoms with Gasteiger partial charge in [-0.15, -0.1) is 0 Å². The highest BCUT2D eigenvalue weighted by atomic mass is 16.5. The Labute approximate surface area is 85.8 Å². The molecule has 3 nitrogen and oxygen atoms in total. The lowest BCUT2D eigenvalue weighted by Crippen LogP contribution is -2.39. The van der Waals surface area contributed by atoms with Crippen LogP contribution in [0.3, 0.4) is 0 Å². The zero-order valence-electron chi connectivity index (χ0n) is 8.74. The fourth-order valence-electron chi connectivity index (χ4n) is 2.51. The van der Waals surface area contributed by atoms with Gasteiger partial charge in [-0.05, 0) is 18.9 Å². The zero-order valence-corrected chi connectivity index (χ0v) is 8.74. The minimum atomic E-state index is -0.293. The largest absolute Gasteiger partial charge is 0.389 e. The maximum atomic E-state index is 9.49. The molecule has 2 aliphatic rings. The molecule has 1 aliphatic heterocycles. The Morgan fingerprint density at radius 3 is 2.64 bits per heavy atom. The van der Waals surface area contributed by atoms with Gasteiger partial charge in [-0.3, -0.25) is 0 Å². The minimum absolute atomic E-state index is 0.177. The zero-order chi connectivity index (χ0) is 9.80. The normalized spacial score (nSPS) is 34.1. The van der Waals surface area contributed by atoms with Crippen LogP contribution >= 0.6 is 0 Å². The molecule has 0 aromatic heterocycles. The van der Waals surface area contributed by atoms with Crippen molar-refractivity contribution in [2.24, 2.45) is 5.92 Å². The van der Waals surface area contributed by atoms with E-state index in [0.29, 0.717) is 13.2 Å². The fraction of sp³-hybridized carbons (Fsp3) is 1.00. The van der Waals surface area contributed by atoms with E-state index in [9.17, 15) is 5.11 Å². The predicted molar refractivity (Wildman–Crippen MR) is 55.2 cm³/mol. The maximum absolute atomic E-state index is 9.49. The van der Waals surface area contributed by atoms with Crippen molar-refractivity contribution in [3.63, 3.8) is 0 Å². The van der Waals surface area contributed by atoms with Gasteiger partial charge >= 0.3 is 0 Å². The number of rotatable bonds is 4. The monoisotopic (exact) mass is 199 g/mol. The first kappa shape index (κ1) is 10.4. The lowest BCUT2D eigenvalue weighted by Gasteiger charge is -2.16. The van der Waals surface area contributed by atoms with Gasteiger partial charge in [0.1, 0.15) is 0 Å². The number of aliphatic hydroxyl groups is 1. The van der Waals surface area contributed by atoms with Crippen molar-refractivity contribution in [3.8, 4) is 0 Å². The Morgan fingerprint density at radius 1 is 1.21 bits per heavy atom. The van der Waals surface area contributed by atoms with Gasteiger partial charge in [0.15, 0.2) is 0 Å². The standard InChI is InChI=1S/C11H21NO2/c13-11-8-14-7-10(11)12-6-5-9-3-1-2-4-9/h9-13H,1-8H2. The molecule has 2 fully saturated rings. The molecule has 1 saturated carbocycles. The third-order valence-electron chi connectivity index (χ3n) is 3.48. The van der Waals surface area contributed by atoms with Gasteiger partial charge in [0, 0.05) is 0 Å². The molecule has 1 aliphatic carbocycles. The summed E-state index contributed by atoms with van der Waals surface area (Å²) in [6.07, 6.45) is 6.62. The topological polar surface area (TPSA) is 41.5 Å². The summed E-state index contributed by atoms with van der Waals surface area (Å²) in [7, 11) is 0. The molecule has 2 rings (SSSR count). The predicted octanol–water partition coefficient (Wildman–Crippen LogP) is 0.916. The molecule has 82 valence electrons. The van der Waals surface area contributed by atoms with Crippen LogP contribution < -0.4 is 5.32 Å². The van der Waals surface area contributed by atoms with Crippen molar-refractivity contribution in [2.45, 2.75) is 44.2 Å². The molecule has 2 atom stereocenters. The molecular formula is C11H21NO2. The molecule has 1 heterocycles. The number of ether oxygens (including phenoxy) is 1. The van der Waals surface area contributed by atoms with E-state index in [1.807, 2.05) is 0 Å². The highest BCUT2D eigenvalue weighted by Crippen LogP contribution is 2.26. The van der Waals surface area contributed by atoms with E-state index >= 15 is 0 Å². The molecule has 2 N–H and O–H groups in total. The molecule has 14 heavy (non-hydrogen) atoms. The number of aliphatic hydroxyl groups excluding tert-OH is 1. The van der Waals surface area contributed by atoms with Crippen molar-refractivity contribution in [3.05, 3.63) is 0 Å². The van der Waals surface area contributed by atoms with Crippen molar-refractivity contribution >= 4 is 0 Å². The minimum Gasteiger partial charge on any atom is -0.389 e. The molecule has 2 unspecified atom stereocenters. The van der Waals surface area contributed by atoms with Crippen LogP contribution in [0.5, 0.6) is 0 Å². The quantitative estimate of drug-likeness (QED) is 0.707. The summed E-state index contributed by atoms with van der Waals surface area (Å²) >= 11 is 0. The van der Waals surface area contributed by atoms with Crippen molar-refractivity contribution in [2.75, 3.05) is 19.8 Å². The molecule has 0 aromatic carbocycles. The van der Waals surface area contributed by atoms with E-state index in [1.54, 1.807) is 0 Å². The van der Waals surface area contributed by atoms with Crippen molar-refractivity contribution in [1.82, 2.24) is 5.32 Å². The molecule has 0 radical (unpaired) electrons. The summed E-state index contributed by atoms with van der Waals surface area (Å²) in [5.74, 6) is 0.932. The van der Waals surface area contributed by atoms with Gasteiger partial charge in [-0.25, -0.2) is 0 Å². The van der Waals surface area contributed by atoms with Gasteiger partial charge in [-0.1, -0.05) is 25.7 Å². The summed E-state index contributed by atoms with van der Waals surface area (Å²) in [6.45, 7) is 2.21. The SMILES string of the molecule is OC1COCC1NCCC1CCCC1. The van der Waals surface area contributed by atoms with Crippen LogP contribution in [0.15, 0.2) is 0 Å². The van der Waals surface area contributed by atoms with Gasteiger partial charge in [0.2, 0.25) is 0 Å². The third-order valence-corrected chi connectivity index (χ3v) is 3.48. The second-order valence-electron chi connectivity index (χ2n) is 4.60. The van der Waals surface area contributed by atoms with E-state index in [1.165, 1.54) is 32.1 Å². The maximum Gasteiger partial charge on any atom is 0.0948 e. The Morgan fingerprint density at radius 2 is 2.00 bits per heavy atom. The first-order valence-electron chi connectivity index (χ1n) is 5.85. The third kappa shape index (κ3) is 2.69. The summed E-state index contributed by atoms with van der Waals surface area (Å²) in [6, 6.07) is 0.177. The Bertz CT molecular complexity index is 169. The molecule has 0 aromatic rings. The average molecular weight is 199 g/mol. The van der Waals surface area contributed by atoms with Gasteiger partial charge in [0.05, 0.1) is 25.4 Å². The molecule has 0 amide bonds. The summed E-state index contributed by atoms with van der Waals surface area (Å²) in [4.78, 5) is 0. The van der Waals surface area contributed by atoms with Crippen LogP contribution in [-0.2, 0) is 4.74 Å². The number of nitrogens with one attached hydrogen (secondary N) is 1. The molecule has 3 heteroatoms. The number of hydrogen-bond donors (Lipinski definition) is 2. The van der Waals surface area contributed by atoms with Crippen molar-refractivity contribution < 1.29 is 9.84 Å². The average Bonchev–Trinajstić information content (AvgIpc) is 2.78. The highest BCUT2D eigenvalue weighted by molar-refractivity contribution is 4.81. The van der Waals surface area contributed by atoms with E-state index < -0.39 is 0 Å². The Kier molecular flexibility index (Phi) is 3.79. The molecule has 1 saturated heterocycles. The van der Waals surface area contributed by atoms with Crippen LogP contribution in [0.4, 0.5) is 0 Å². The fourth-order valence-corrected chi connectivity index (χ4v) is 2.51. The van der Waals surface area contributed by atoms with E-state index in [2.05, 4.69) is 5.32 Å². The van der Waals surface area contributed by atoms with Crippen LogP contribution in [-0.4, -0.2) is 37.0 Å². The molecular weight excluding hydrogens is 178 g/mol. The second kappa shape index (κ2) is 5.10. The molecule has 0 bridgehead atoms. The van der Waals surface area contributed by atoms with E-state index in [4.69, 9.17) is 4.74 Å². The number of hydrogen-bond acceptors (Lipinski definition) is 3. The van der Waals surface area contributed by atoms with Crippen LogP contribution in [0, 0.1) is 5.92 Å². The van der Waals surface area contributed by atoms with Crippen LogP contribution in [0.2, 0.25) is 0 Å². The van der Waals surface area contributed by atoms with E-state index in [0.717, 1.165) is 12.5 Å². The molecule has 0 spiro atoms. The van der Waals surface area contributed by atoms with Gasteiger partial charge in [-0.2, -0.15) is 0 Å². The van der Waals surface area contributed by atoms with Crippen LogP contribution in [0.25, 0.3) is 0 Å². The van der Waals surface area contributed by atoms with Crippen molar-refractivity contribution in [1.29, 1.82) is 0 Å². The van der Waals surface area contributed by atoms with Gasteiger partial charge in [0.25, 0.3) is 0 Å². The lowest BCUT2D eigenvalue weighted by molar-refractivity contribution is 0.122. The first-order chi connectivity index (χ1) is 6.86. The van der Waals surface area contributed by atoms with E-state index in [-0.39, 0.29) is 12.1 Å². The second-order valence-corrected chi connectivity index (χ2v) is 4.60. The smallest absolute Gasteiger partial charge is 0.0948 e. The Balaban J connectivity index is 1.57. The van der Waals surface area contributed by atoms with Gasteiger partial charge < -0.3 is 15.2 Å². The summed E-state index contributed by atoms with van der Waals surface area (Å²) in [5, 5.41) is 12.9. The lowest BCUT2D eigenvalue weighted by atomic mass is 10.0. The van der Waals surface area contributed by atoms with Crippen LogP contribution in [0.1, 0.15) is 32.1 Å².